The van der Waals surface area contributed by atoms with E-state index in [1.807, 2.05) is 0 Å². The third kappa shape index (κ3) is 19.2. The first-order valence-corrected chi connectivity index (χ1v) is 18.1. The molecule has 1 heterocycles. The third-order valence-electron chi connectivity index (χ3n) is 8.46. The summed E-state index contributed by atoms with van der Waals surface area (Å²) < 4.78 is 13.4. The highest BCUT2D eigenvalue weighted by Gasteiger charge is 2.29. The molecule has 0 saturated heterocycles. The zero-order valence-electron chi connectivity index (χ0n) is 26.3. The average molecular weight is 594 g/mol. The highest BCUT2D eigenvalue weighted by Crippen LogP contribution is 2.30. The van der Waals surface area contributed by atoms with Crippen molar-refractivity contribution in [3.8, 4) is 0 Å². The highest BCUT2D eigenvalue weighted by atomic mass is 32.1. The molecule has 1 N–H and O–H groups in total. The monoisotopic (exact) mass is 593 g/mol. The molecule has 0 aliphatic heterocycles. The Labute approximate surface area is 255 Å². The van der Waals surface area contributed by atoms with Gasteiger partial charge in [-0.15, -0.1) is 0 Å². The van der Waals surface area contributed by atoms with Crippen LogP contribution in [-0.4, -0.2) is 31.3 Å². The molecule has 1 amide bonds. The molecular formula is C34H61N2O4S+. The van der Waals surface area contributed by atoms with Crippen molar-refractivity contribution in [3.05, 3.63) is 17.1 Å². The van der Waals surface area contributed by atoms with E-state index in [0.717, 1.165) is 57.9 Å². The Morgan fingerprint density at radius 3 is 1.98 bits per heavy atom. The SMILES string of the molecule is CCCCCCCCCCCCCCCCCCNC(=O)OCC(OC(=O)CCCC[n+]1ccsc1)C1CCCC1. The lowest BCUT2D eigenvalue weighted by molar-refractivity contribution is -0.692. The summed E-state index contributed by atoms with van der Waals surface area (Å²) in [6.45, 7) is 4.01. The minimum atomic E-state index is -0.391. The van der Waals surface area contributed by atoms with Gasteiger partial charge < -0.3 is 14.8 Å². The number of alkyl carbamates (subject to hydrolysis) is 1. The fourth-order valence-electron chi connectivity index (χ4n) is 5.85. The van der Waals surface area contributed by atoms with E-state index in [4.69, 9.17) is 9.47 Å². The maximum absolute atomic E-state index is 12.5. The number of carbonyl (C=O) groups is 2. The predicted molar refractivity (Wildman–Crippen MR) is 169 cm³/mol. The first-order valence-electron chi connectivity index (χ1n) is 17.2. The molecule has 1 aromatic rings. The smallest absolute Gasteiger partial charge is 0.407 e. The van der Waals surface area contributed by atoms with Gasteiger partial charge in [-0.2, -0.15) is 4.57 Å². The van der Waals surface area contributed by atoms with Gasteiger partial charge in [0.15, 0.2) is 6.20 Å². The van der Waals surface area contributed by atoms with Gasteiger partial charge in [0.05, 0.1) is 5.38 Å². The molecule has 0 bridgehead atoms. The maximum atomic E-state index is 12.5. The van der Waals surface area contributed by atoms with E-state index in [1.54, 1.807) is 11.3 Å². The summed E-state index contributed by atoms with van der Waals surface area (Å²) in [6, 6.07) is 0. The van der Waals surface area contributed by atoms with Crippen molar-refractivity contribution in [1.82, 2.24) is 5.32 Å². The summed E-state index contributed by atoms with van der Waals surface area (Å²) in [5.74, 6) is 0.128. The van der Waals surface area contributed by atoms with Gasteiger partial charge in [0.1, 0.15) is 19.3 Å². The number of nitrogens with zero attached hydrogens (tertiary/aromatic N) is 1. The zero-order chi connectivity index (χ0) is 29.2. The highest BCUT2D eigenvalue weighted by molar-refractivity contribution is 7.07. The average Bonchev–Trinajstić information content (AvgIpc) is 3.70. The molecule has 1 aromatic heterocycles. The normalized spacial score (nSPS) is 14.3. The largest absolute Gasteiger partial charge is 0.458 e. The quantitative estimate of drug-likeness (QED) is 0.0660. The number of carbonyl (C=O) groups excluding carboxylic acids is 2. The lowest BCUT2D eigenvalue weighted by Gasteiger charge is -2.23. The van der Waals surface area contributed by atoms with Crippen LogP contribution < -0.4 is 9.88 Å². The van der Waals surface area contributed by atoms with Crippen molar-refractivity contribution in [1.29, 1.82) is 0 Å². The van der Waals surface area contributed by atoms with Crippen LogP contribution in [0.15, 0.2) is 17.1 Å². The molecule has 1 unspecified atom stereocenters. The van der Waals surface area contributed by atoms with E-state index >= 15 is 0 Å². The number of hydrogen-bond acceptors (Lipinski definition) is 5. The van der Waals surface area contributed by atoms with Crippen LogP contribution in [0.25, 0.3) is 0 Å². The van der Waals surface area contributed by atoms with Crippen molar-refractivity contribution >= 4 is 23.4 Å². The van der Waals surface area contributed by atoms with E-state index in [9.17, 15) is 9.59 Å². The number of aromatic nitrogens is 1. The van der Waals surface area contributed by atoms with E-state index in [2.05, 4.69) is 33.9 Å². The Balaban J connectivity index is 1.42. The molecule has 1 saturated carbocycles. The standard InChI is InChI=1S/C34H60N2O4S/c1-2-3-4-5-6-7-8-9-10-11-12-13-14-15-16-20-25-35-34(38)39-29-32(31-22-17-18-23-31)40-33(37)24-19-21-26-36-27-28-41-30-36/h27-28,30-32H,2-26,29H2,1H3/p+1. The van der Waals surface area contributed by atoms with Crippen molar-refractivity contribution in [2.45, 2.75) is 167 Å². The number of unbranched alkanes of at least 4 members (excludes halogenated alkanes) is 16. The predicted octanol–water partition coefficient (Wildman–Crippen LogP) is 9.30. The number of aryl methyl sites for hydroxylation is 1. The van der Waals surface area contributed by atoms with Crippen molar-refractivity contribution in [2.24, 2.45) is 5.92 Å². The van der Waals surface area contributed by atoms with E-state index in [1.165, 1.54) is 89.9 Å². The number of thiazole rings is 1. The summed E-state index contributed by atoms with van der Waals surface area (Å²) in [6.07, 6.45) is 29.3. The Hall–Kier alpha value is -1.63. The number of rotatable bonds is 26. The lowest BCUT2D eigenvalue weighted by Crippen LogP contribution is -2.34. The minimum absolute atomic E-state index is 0.159. The number of nitrogens with one attached hydrogen (secondary N) is 1. The molecule has 0 aromatic carbocycles. The van der Waals surface area contributed by atoms with Gasteiger partial charge in [-0.05, 0) is 31.6 Å². The molecule has 0 spiro atoms. The fraction of sp³-hybridized carbons (Fsp3) is 0.853. The fourth-order valence-corrected chi connectivity index (χ4v) is 6.48. The van der Waals surface area contributed by atoms with Crippen LogP contribution in [0.1, 0.15) is 155 Å². The van der Waals surface area contributed by atoms with E-state index in [-0.39, 0.29) is 18.7 Å². The van der Waals surface area contributed by atoms with Gasteiger partial charge in [0, 0.05) is 19.4 Å². The molecule has 41 heavy (non-hydrogen) atoms. The first-order chi connectivity index (χ1) is 20.2. The van der Waals surface area contributed by atoms with Gasteiger partial charge in [0.25, 0.3) is 0 Å². The van der Waals surface area contributed by atoms with E-state index in [0.29, 0.717) is 18.9 Å². The Morgan fingerprint density at radius 2 is 1.41 bits per heavy atom. The second kappa shape index (κ2) is 24.9. The van der Waals surface area contributed by atoms with E-state index < -0.39 is 6.09 Å². The zero-order valence-corrected chi connectivity index (χ0v) is 27.1. The molecular weight excluding hydrogens is 532 g/mol. The molecule has 1 aliphatic rings. The summed E-state index contributed by atoms with van der Waals surface area (Å²) in [4.78, 5) is 24.7. The lowest BCUT2D eigenvalue weighted by atomic mass is 10.0. The van der Waals surface area contributed by atoms with Crippen LogP contribution in [0.3, 0.4) is 0 Å². The third-order valence-corrected chi connectivity index (χ3v) is 9.13. The molecule has 0 radical (unpaired) electrons. The van der Waals surface area contributed by atoms with Crippen LogP contribution in [0.2, 0.25) is 0 Å². The first kappa shape index (κ1) is 35.6. The minimum Gasteiger partial charge on any atom is -0.458 e. The number of esters is 1. The summed E-state index contributed by atoms with van der Waals surface area (Å²) in [5, 5.41) is 4.94. The van der Waals surface area contributed by atoms with Crippen LogP contribution in [0.5, 0.6) is 0 Å². The summed E-state index contributed by atoms with van der Waals surface area (Å²) >= 11 is 1.67. The molecule has 7 heteroatoms. The number of ether oxygens (including phenoxy) is 2. The van der Waals surface area contributed by atoms with Gasteiger partial charge in [-0.25, -0.2) is 4.79 Å². The van der Waals surface area contributed by atoms with Gasteiger partial charge in [-0.3, -0.25) is 4.79 Å². The van der Waals surface area contributed by atoms with Crippen LogP contribution in [0, 0.1) is 5.92 Å². The second-order valence-electron chi connectivity index (χ2n) is 12.1. The molecule has 236 valence electrons. The Kier molecular flexibility index (Phi) is 21.6. The molecule has 1 atom stereocenters. The summed E-state index contributed by atoms with van der Waals surface area (Å²) in [5.41, 5.74) is 2.08. The van der Waals surface area contributed by atoms with Crippen LogP contribution >= 0.6 is 11.3 Å². The topological polar surface area (TPSA) is 68.5 Å². The molecule has 1 aliphatic carbocycles. The summed E-state index contributed by atoms with van der Waals surface area (Å²) in [7, 11) is 0. The molecule has 2 rings (SSSR count). The van der Waals surface area contributed by atoms with Crippen molar-refractivity contribution < 1.29 is 23.6 Å². The van der Waals surface area contributed by atoms with Crippen LogP contribution in [-0.2, 0) is 20.8 Å². The van der Waals surface area contributed by atoms with Crippen LogP contribution in [0.4, 0.5) is 4.79 Å². The maximum Gasteiger partial charge on any atom is 0.407 e. The Bertz CT molecular complexity index is 752. The van der Waals surface area contributed by atoms with Gasteiger partial charge in [-0.1, -0.05) is 127 Å². The molecule has 1 fully saturated rings. The Morgan fingerprint density at radius 1 is 0.829 bits per heavy atom. The van der Waals surface area contributed by atoms with Crippen molar-refractivity contribution in [2.75, 3.05) is 13.2 Å². The van der Waals surface area contributed by atoms with Crippen molar-refractivity contribution in [3.63, 3.8) is 0 Å². The number of amides is 1. The second-order valence-corrected chi connectivity index (χ2v) is 12.9. The van der Waals surface area contributed by atoms with Gasteiger partial charge >= 0.3 is 12.1 Å². The molecule has 6 nitrogen and oxygen atoms in total. The van der Waals surface area contributed by atoms with Gasteiger partial charge in [0.2, 0.25) is 5.51 Å². The number of hydrogen-bond donors (Lipinski definition) is 1.